The third-order valence-electron chi connectivity index (χ3n) is 10.2. The van der Waals surface area contributed by atoms with Gasteiger partial charge in [-0.2, -0.15) is 0 Å². The van der Waals surface area contributed by atoms with Crippen LogP contribution in [0.25, 0.3) is 11.1 Å². The minimum absolute atomic E-state index is 0.0849. The highest BCUT2D eigenvalue weighted by Crippen LogP contribution is 2.68. The van der Waals surface area contributed by atoms with Crippen molar-refractivity contribution < 1.29 is 14.0 Å². The molecule has 0 aliphatic heterocycles. The molecule has 4 aliphatic carbocycles. The predicted octanol–water partition coefficient (Wildman–Crippen LogP) is 6.88. The maximum atomic E-state index is 13.6. The van der Waals surface area contributed by atoms with Crippen LogP contribution in [0.15, 0.2) is 45.6 Å². The molecule has 0 N–H and O–H groups in total. The molecule has 0 spiro atoms. The number of fused-ring (bicyclic) bond motifs is 6. The van der Waals surface area contributed by atoms with Crippen LogP contribution in [0.1, 0.15) is 65.7 Å². The highest BCUT2D eigenvalue weighted by atomic mass is 32.2. The summed E-state index contributed by atoms with van der Waals surface area (Å²) in [6, 6.07) is 7.77. The summed E-state index contributed by atoms with van der Waals surface area (Å²) in [6.45, 7) is 7.29. The van der Waals surface area contributed by atoms with E-state index in [2.05, 4.69) is 25.8 Å². The van der Waals surface area contributed by atoms with Gasteiger partial charge >= 0.3 is 0 Å². The van der Waals surface area contributed by atoms with Gasteiger partial charge in [0.1, 0.15) is 11.3 Å². The second-order valence-electron chi connectivity index (χ2n) is 11.9. The van der Waals surface area contributed by atoms with Crippen molar-refractivity contribution >= 4 is 34.4 Å². The first-order valence-corrected chi connectivity index (χ1v) is 14.0. The number of hydrogen-bond acceptors (Lipinski definition) is 5. The fourth-order valence-electron chi connectivity index (χ4n) is 8.95. The predicted molar refractivity (Wildman–Crippen MR) is 134 cm³/mol. The van der Waals surface area contributed by atoms with Crippen LogP contribution in [0.5, 0.6) is 0 Å². The number of oxazole rings is 1. The van der Waals surface area contributed by atoms with Crippen molar-refractivity contribution in [3.8, 4) is 0 Å². The zero-order valence-electron chi connectivity index (χ0n) is 20.5. The first-order chi connectivity index (χ1) is 16.3. The summed E-state index contributed by atoms with van der Waals surface area (Å²) in [7, 11) is 0. The Labute approximate surface area is 206 Å². The summed E-state index contributed by atoms with van der Waals surface area (Å²) in [6.07, 6.45) is 9.26. The topological polar surface area (TPSA) is 60.2 Å². The minimum Gasteiger partial charge on any atom is -0.431 e. The summed E-state index contributed by atoms with van der Waals surface area (Å²) in [5.74, 6) is 3.77. The average molecular weight is 478 g/mol. The van der Waals surface area contributed by atoms with Gasteiger partial charge in [0.15, 0.2) is 11.4 Å². The van der Waals surface area contributed by atoms with E-state index in [1.807, 2.05) is 30.3 Å². The van der Waals surface area contributed by atoms with Crippen LogP contribution in [0.4, 0.5) is 0 Å². The number of benzene rings is 1. The van der Waals surface area contributed by atoms with Crippen LogP contribution in [0.3, 0.4) is 0 Å². The van der Waals surface area contributed by atoms with Gasteiger partial charge in [0, 0.05) is 12.3 Å². The van der Waals surface area contributed by atoms with Crippen molar-refractivity contribution in [3.05, 3.63) is 35.9 Å². The number of aromatic nitrogens is 1. The molecule has 0 saturated heterocycles. The lowest BCUT2D eigenvalue weighted by Gasteiger charge is -2.60. The van der Waals surface area contributed by atoms with Gasteiger partial charge in [0.2, 0.25) is 0 Å². The summed E-state index contributed by atoms with van der Waals surface area (Å²) < 4.78 is 5.84. The molecule has 1 heterocycles. The molecule has 1 aromatic carbocycles. The standard InChI is InChI=1S/C29H35NO3S/c1-17-15-29(3)21(20-9-8-18-14-19(31)12-13-28(18,2)26(17)20)10-11-22(29)24(32)16-34-27-30-23-6-4-5-7-25(23)33-27/h4-7,14,17,20-22,26H,8-13,15-16H2,1-3H3/t17-,20?,21?,22?,26?,28?,29?/m0/s1. The molecule has 7 atom stereocenters. The monoisotopic (exact) mass is 477 g/mol. The van der Waals surface area contributed by atoms with E-state index in [1.165, 1.54) is 30.2 Å². The third kappa shape index (κ3) is 3.37. The Bertz CT molecular complexity index is 1150. The van der Waals surface area contributed by atoms with E-state index in [0.29, 0.717) is 52.6 Å². The number of Topliss-reactive ketones (excluding diaryl/α,β-unsaturated/α-hetero) is 1. The third-order valence-corrected chi connectivity index (χ3v) is 11.1. The van der Waals surface area contributed by atoms with E-state index < -0.39 is 0 Å². The van der Waals surface area contributed by atoms with Crippen molar-refractivity contribution in [1.82, 2.24) is 4.98 Å². The normalized spacial score (nSPS) is 39.3. The minimum atomic E-state index is 0.0849. The molecule has 3 saturated carbocycles. The highest BCUT2D eigenvalue weighted by molar-refractivity contribution is 7.99. The van der Waals surface area contributed by atoms with E-state index in [-0.39, 0.29) is 16.7 Å². The zero-order valence-corrected chi connectivity index (χ0v) is 21.3. The molecule has 6 rings (SSSR count). The van der Waals surface area contributed by atoms with Crippen molar-refractivity contribution in [2.24, 2.45) is 40.4 Å². The van der Waals surface area contributed by atoms with E-state index in [0.717, 1.165) is 36.8 Å². The van der Waals surface area contributed by atoms with Gasteiger partial charge < -0.3 is 4.42 Å². The van der Waals surface area contributed by atoms with Crippen molar-refractivity contribution in [1.29, 1.82) is 0 Å². The molecule has 3 fully saturated rings. The molecule has 1 aromatic heterocycles. The van der Waals surface area contributed by atoms with Crippen molar-refractivity contribution in [2.75, 3.05) is 5.75 Å². The lowest BCUT2D eigenvalue weighted by molar-refractivity contribution is -0.131. The number of carbonyl (C=O) groups is 2. The van der Waals surface area contributed by atoms with Gasteiger partial charge in [-0.25, -0.2) is 4.98 Å². The molecular weight excluding hydrogens is 442 g/mol. The number of ketones is 2. The molecule has 4 aliphatic rings. The number of nitrogens with zero attached hydrogens (tertiary/aromatic N) is 1. The van der Waals surface area contributed by atoms with Gasteiger partial charge in [-0.1, -0.05) is 50.2 Å². The molecule has 180 valence electrons. The molecule has 0 bridgehead atoms. The van der Waals surface area contributed by atoms with E-state index >= 15 is 0 Å². The number of para-hydroxylation sites is 2. The fraction of sp³-hybridized carbons (Fsp3) is 0.621. The van der Waals surface area contributed by atoms with Gasteiger partial charge in [-0.3, -0.25) is 9.59 Å². The Morgan fingerprint density at radius 1 is 1.18 bits per heavy atom. The second kappa shape index (κ2) is 8.08. The van der Waals surface area contributed by atoms with Gasteiger partial charge in [-0.15, -0.1) is 0 Å². The molecular formula is C29H35NO3S. The average Bonchev–Trinajstić information content (AvgIpc) is 3.37. The summed E-state index contributed by atoms with van der Waals surface area (Å²) >= 11 is 1.45. The molecule has 6 unspecified atom stereocenters. The van der Waals surface area contributed by atoms with E-state index in [9.17, 15) is 9.59 Å². The first kappa shape index (κ1) is 22.6. The summed E-state index contributed by atoms with van der Waals surface area (Å²) in [4.78, 5) is 30.2. The summed E-state index contributed by atoms with van der Waals surface area (Å²) in [5.41, 5.74) is 3.30. The maximum Gasteiger partial charge on any atom is 0.257 e. The van der Waals surface area contributed by atoms with Crippen LogP contribution < -0.4 is 0 Å². The first-order valence-electron chi connectivity index (χ1n) is 13.0. The number of carbonyl (C=O) groups excluding carboxylic acids is 2. The Morgan fingerprint density at radius 2 is 2.00 bits per heavy atom. The van der Waals surface area contributed by atoms with Crippen LogP contribution >= 0.6 is 11.8 Å². The highest BCUT2D eigenvalue weighted by Gasteiger charge is 2.62. The molecule has 5 heteroatoms. The fourth-order valence-corrected chi connectivity index (χ4v) is 9.72. The van der Waals surface area contributed by atoms with Crippen LogP contribution in [0, 0.1) is 40.4 Å². The number of allylic oxidation sites excluding steroid dienone is 1. The molecule has 0 radical (unpaired) electrons. The summed E-state index contributed by atoms with van der Waals surface area (Å²) in [5, 5.41) is 0.595. The largest absolute Gasteiger partial charge is 0.431 e. The Morgan fingerprint density at radius 3 is 2.82 bits per heavy atom. The molecule has 4 nitrogen and oxygen atoms in total. The van der Waals surface area contributed by atoms with Gasteiger partial charge in [0.05, 0.1) is 5.75 Å². The lowest BCUT2D eigenvalue weighted by Crippen LogP contribution is -2.54. The number of hydrogen-bond donors (Lipinski definition) is 0. The molecule has 34 heavy (non-hydrogen) atoms. The maximum absolute atomic E-state index is 13.6. The van der Waals surface area contributed by atoms with Crippen LogP contribution in [-0.4, -0.2) is 22.3 Å². The van der Waals surface area contributed by atoms with Crippen LogP contribution in [0.2, 0.25) is 0 Å². The van der Waals surface area contributed by atoms with E-state index in [1.54, 1.807) is 0 Å². The Hall–Kier alpha value is -1.88. The van der Waals surface area contributed by atoms with E-state index in [4.69, 9.17) is 4.42 Å². The lowest BCUT2D eigenvalue weighted by atomic mass is 9.44. The van der Waals surface area contributed by atoms with Crippen molar-refractivity contribution in [3.63, 3.8) is 0 Å². The Kier molecular flexibility index (Phi) is 5.36. The Balaban J connectivity index is 1.20. The smallest absolute Gasteiger partial charge is 0.257 e. The second-order valence-corrected chi connectivity index (χ2v) is 12.8. The molecule has 0 amide bonds. The van der Waals surface area contributed by atoms with Gasteiger partial charge in [-0.05, 0) is 91.2 Å². The van der Waals surface area contributed by atoms with Crippen molar-refractivity contribution in [2.45, 2.75) is 70.9 Å². The van der Waals surface area contributed by atoms with Crippen LogP contribution in [-0.2, 0) is 9.59 Å². The number of thioether (sulfide) groups is 1. The quantitative estimate of drug-likeness (QED) is 0.449. The zero-order chi connectivity index (χ0) is 23.7. The molecule has 2 aromatic rings. The van der Waals surface area contributed by atoms with Gasteiger partial charge in [0.25, 0.3) is 5.22 Å². The number of rotatable bonds is 4. The SMILES string of the molecule is C[C@H]1CC2(C)C(C(=O)CSc3nc4ccccc4o3)CCC2C2CCC3=CC(=O)CCC3(C)C21.